The SMILES string of the molecule is CC(=O)CCC(=O)N1CCCC(N2CCN(Cc3ccc4c(c3)OCO4)CC2)C1. The number of benzene rings is 1. The Morgan fingerprint density at radius 2 is 1.83 bits per heavy atom. The number of piperidine rings is 1. The second-order valence-corrected chi connectivity index (χ2v) is 8.34. The molecule has 29 heavy (non-hydrogen) atoms. The lowest BCUT2D eigenvalue weighted by atomic mass is 10.0. The zero-order valence-corrected chi connectivity index (χ0v) is 17.3. The van der Waals surface area contributed by atoms with Crippen LogP contribution in [0.15, 0.2) is 18.2 Å². The van der Waals surface area contributed by atoms with Gasteiger partial charge >= 0.3 is 0 Å². The first-order chi connectivity index (χ1) is 14.1. The van der Waals surface area contributed by atoms with Gasteiger partial charge in [-0.1, -0.05) is 6.07 Å². The molecule has 1 aromatic rings. The van der Waals surface area contributed by atoms with Gasteiger partial charge in [-0.25, -0.2) is 0 Å². The number of carbonyl (C=O) groups excluding carboxylic acids is 2. The van der Waals surface area contributed by atoms with Crippen molar-refractivity contribution in [3.05, 3.63) is 23.8 Å². The van der Waals surface area contributed by atoms with Gasteiger partial charge in [0, 0.05) is 64.7 Å². The number of piperazine rings is 1. The summed E-state index contributed by atoms with van der Waals surface area (Å²) in [6, 6.07) is 6.64. The number of nitrogens with zero attached hydrogens (tertiary/aromatic N) is 3. The topological polar surface area (TPSA) is 62.3 Å². The van der Waals surface area contributed by atoms with Crippen molar-refractivity contribution in [3.8, 4) is 11.5 Å². The Balaban J connectivity index is 1.24. The number of likely N-dealkylation sites (tertiary alicyclic amines) is 1. The molecular weight excluding hydrogens is 370 g/mol. The second-order valence-electron chi connectivity index (χ2n) is 8.34. The predicted octanol–water partition coefficient (Wildman–Crippen LogP) is 1.89. The number of ketones is 1. The van der Waals surface area contributed by atoms with E-state index in [-0.39, 0.29) is 11.7 Å². The van der Waals surface area contributed by atoms with Gasteiger partial charge in [0.05, 0.1) is 0 Å². The van der Waals surface area contributed by atoms with Gasteiger partial charge in [0.1, 0.15) is 5.78 Å². The monoisotopic (exact) mass is 401 g/mol. The highest BCUT2D eigenvalue weighted by Gasteiger charge is 2.30. The summed E-state index contributed by atoms with van der Waals surface area (Å²) in [5.41, 5.74) is 1.25. The van der Waals surface area contributed by atoms with Crippen molar-refractivity contribution in [1.82, 2.24) is 14.7 Å². The molecule has 7 heteroatoms. The first-order valence-electron chi connectivity index (χ1n) is 10.7. The smallest absolute Gasteiger partial charge is 0.231 e. The second kappa shape index (κ2) is 9.13. The van der Waals surface area contributed by atoms with Crippen LogP contribution in [0.5, 0.6) is 11.5 Å². The molecule has 1 atom stereocenters. The molecule has 4 rings (SSSR count). The van der Waals surface area contributed by atoms with E-state index in [1.165, 1.54) is 5.56 Å². The van der Waals surface area contributed by atoms with Gasteiger partial charge in [-0.15, -0.1) is 0 Å². The largest absolute Gasteiger partial charge is 0.454 e. The Morgan fingerprint density at radius 3 is 2.62 bits per heavy atom. The molecule has 1 amide bonds. The first-order valence-corrected chi connectivity index (χ1v) is 10.7. The Labute approximate surface area is 172 Å². The predicted molar refractivity (Wildman–Crippen MR) is 109 cm³/mol. The third-order valence-corrected chi connectivity index (χ3v) is 6.21. The van der Waals surface area contributed by atoms with Crippen LogP contribution in [0.3, 0.4) is 0 Å². The lowest BCUT2D eigenvalue weighted by Gasteiger charge is -2.43. The maximum Gasteiger partial charge on any atom is 0.231 e. The first kappa shape index (κ1) is 20.2. The number of hydrogen-bond acceptors (Lipinski definition) is 6. The number of hydrogen-bond donors (Lipinski definition) is 0. The molecule has 0 aliphatic carbocycles. The van der Waals surface area contributed by atoms with E-state index in [2.05, 4.69) is 21.9 Å². The van der Waals surface area contributed by atoms with Gasteiger partial charge in [0.25, 0.3) is 0 Å². The van der Waals surface area contributed by atoms with Crippen molar-refractivity contribution < 1.29 is 19.1 Å². The van der Waals surface area contributed by atoms with Crippen LogP contribution in [-0.2, 0) is 16.1 Å². The third kappa shape index (κ3) is 5.08. The van der Waals surface area contributed by atoms with Crippen LogP contribution < -0.4 is 9.47 Å². The molecule has 3 aliphatic rings. The normalized spacial score (nSPS) is 22.7. The fraction of sp³-hybridized carbons (Fsp3) is 0.636. The summed E-state index contributed by atoms with van der Waals surface area (Å²) in [7, 11) is 0. The van der Waals surface area contributed by atoms with Crippen molar-refractivity contribution in [2.75, 3.05) is 46.1 Å². The highest BCUT2D eigenvalue weighted by molar-refractivity contribution is 5.83. The van der Waals surface area contributed by atoms with Crippen molar-refractivity contribution in [3.63, 3.8) is 0 Å². The Kier molecular flexibility index (Phi) is 6.35. The minimum Gasteiger partial charge on any atom is -0.454 e. The van der Waals surface area contributed by atoms with Gasteiger partial charge in [0.15, 0.2) is 11.5 Å². The number of carbonyl (C=O) groups is 2. The molecule has 158 valence electrons. The molecule has 0 N–H and O–H groups in total. The molecule has 0 bridgehead atoms. The zero-order valence-electron chi connectivity index (χ0n) is 17.3. The van der Waals surface area contributed by atoms with Gasteiger partial charge in [0.2, 0.25) is 12.7 Å². The van der Waals surface area contributed by atoms with E-state index < -0.39 is 0 Å². The molecule has 2 saturated heterocycles. The number of amides is 1. The van der Waals surface area contributed by atoms with Crippen LogP contribution in [0.2, 0.25) is 0 Å². The summed E-state index contributed by atoms with van der Waals surface area (Å²) in [6.07, 6.45) is 2.91. The van der Waals surface area contributed by atoms with E-state index >= 15 is 0 Å². The molecule has 1 unspecified atom stereocenters. The number of fused-ring (bicyclic) bond motifs is 1. The highest BCUT2D eigenvalue weighted by atomic mass is 16.7. The fourth-order valence-corrected chi connectivity index (χ4v) is 4.50. The molecular formula is C22H31N3O4. The summed E-state index contributed by atoms with van der Waals surface area (Å²) in [5, 5.41) is 0. The van der Waals surface area contributed by atoms with Crippen LogP contribution in [0.1, 0.15) is 38.2 Å². The van der Waals surface area contributed by atoms with Gasteiger partial charge in [-0.05, 0) is 37.5 Å². The van der Waals surface area contributed by atoms with Crippen LogP contribution >= 0.6 is 0 Å². The number of Topliss-reactive ketones (excluding diaryl/α,β-unsaturated/α-hetero) is 1. The molecule has 2 fully saturated rings. The van der Waals surface area contributed by atoms with E-state index in [0.29, 0.717) is 25.7 Å². The number of rotatable bonds is 6. The lowest BCUT2D eigenvalue weighted by Crippen LogP contribution is -2.55. The maximum absolute atomic E-state index is 12.4. The van der Waals surface area contributed by atoms with Crippen LogP contribution in [0, 0.1) is 0 Å². The van der Waals surface area contributed by atoms with Crippen molar-refractivity contribution in [2.24, 2.45) is 0 Å². The van der Waals surface area contributed by atoms with Gasteiger partial charge < -0.3 is 19.2 Å². The molecule has 7 nitrogen and oxygen atoms in total. The lowest BCUT2D eigenvalue weighted by molar-refractivity contribution is -0.135. The average molecular weight is 402 g/mol. The van der Waals surface area contributed by atoms with Gasteiger partial charge in [-0.3, -0.25) is 14.6 Å². The van der Waals surface area contributed by atoms with E-state index in [0.717, 1.165) is 70.2 Å². The minimum absolute atomic E-state index is 0.0884. The molecule has 0 spiro atoms. The Hall–Kier alpha value is -2.12. The zero-order chi connectivity index (χ0) is 20.2. The van der Waals surface area contributed by atoms with Gasteiger partial charge in [-0.2, -0.15) is 0 Å². The molecule has 0 radical (unpaired) electrons. The van der Waals surface area contributed by atoms with Crippen LogP contribution in [0.25, 0.3) is 0 Å². The maximum atomic E-state index is 12.4. The molecule has 3 aliphatic heterocycles. The standard InChI is InChI=1S/C22H31N3O4/c1-17(26)4-7-22(27)25-8-2-3-19(15-25)24-11-9-23(10-12-24)14-18-5-6-20-21(13-18)29-16-28-20/h5-6,13,19H,2-4,7-12,14-16H2,1H3. The van der Waals surface area contributed by atoms with E-state index in [4.69, 9.17) is 9.47 Å². The minimum atomic E-state index is 0.0884. The summed E-state index contributed by atoms with van der Waals surface area (Å²) in [4.78, 5) is 30.5. The van der Waals surface area contributed by atoms with Crippen molar-refractivity contribution in [1.29, 1.82) is 0 Å². The fourth-order valence-electron chi connectivity index (χ4n) is 4.50. The number of ether oxygens (including phenoxy) is 2. The highest BCUT2D eigenvalue weighted by Crippen LogP contribution is 2.33. The molecule has 3 heterocycles. The molecule has 0 aromatic heterocycles. The van der Waals surface area contributed by atoms with Crippen molar-refractivity contribution in [2.45, 2.75) is 45.2 Å². The van der Waals surface area contributed by atoms with E-state index in [1.54, 1.807) is 6.92 Å². The molecule has 1 aromatic carbocycles. The Morgan fingerprint density at radius 1 is 1.03 bits per heavy atom. The third-order valence-electron chi connectivity index (χ3n) is 6.21. The summed E-state index contributed by atoms with van der Waals surface area (Å²) < 4.78 is 10.9. The van der Waals surface area contributed by atoms with Crippen LogP contribution in [0.4, 0.5) is 0 Å². The Bertz CT molecular complexity index is 746. The quantitative estimate of drug-likeness (QED) is 0.726. The molecule has 0 saturated carbocycles. The summed E-state index contributed by atoms with van der Waals surface area (Å²) in [6.45, 7) is 8.55. The van der Waals surface area contributed by atoms with E-state index in [9.17, 15) is 9.59 Å². The average Bonchev–Trinajstić information content (AvgIpc) is 3.20. The van der Waals surface area contributed by atoms with E-state index in [1.807, 2.05) is 11.0 Å². The van der Waals surface area contributed by atoms with Crippen molar-refractivity contribution >= 4 is 11.7 Å². The van der Waals surface area contributed by atoms with Crippen LogP contribution in [-0.4, -0.2) is 78.5 Å². The summed E-state index contributed by atoms with van der Waals surface area (Å²) >= 11 is 0. The summed E-state index contributed by atoms with van der Waals surface area (Å²) in [5.74, 6) is 1.90.